The van der Waals surface area contributed by atoms with Crippen molar-refractivity contribution in [3.05, 3.63) is 58.7 Å². The molecule has 1 amide bonds. The van der Waals surface area contributed by atoms with E-state index in [1.165, 1.54) is 6.42 Å². The second-order valence-electron chi connectivity index (χ2n) is 10.5. The molecule has 6 rings (SSSR count). The molecule has 1 N–H and O–H groups in total. The summed E-state index contributed by atoms with van der Waals surface area (Å²) < 4.78 is 29.2. The molecule has 8 nitrogen and oxygen atoms in total. The molecule has 0 radical (unpaired) electrons. The van der Waals surface area contributed by atoms with Gasteiger partial charge in [-0.2, -0.15) is 0 Å². The van der Waals surface area contributed by atoms with Crippen molar-refractivity contribution >= 4 is 11.7 Å². The van der Waals surface area contributed by atoms with Gasteiger partial charge in [0.25, 0.3) is 0 Å². The van der Waals surface area contributed by atoms with Crippen molar-refractivity contribution in [3.8, 4) is 11.5 Å². The van der Waals surface area contributed by atoms with E-state index < -0.39 is 6.04 Å². The van der Waals surface area contributed by atoms with Gasteiger partial charge in [-0.3, -0.25) is 9.59 Å². The van der Waals surface area contributed by atoms with Gasteiger partial charge in [-0.05, 0) is 43.2 Å². The van der Waals surface area contributed by atoms with Crippen LogP contribution in [0.25, 0.3) is 0 Å². The highest BCUT2D eigenvalue weighted by molar-refractivity contribution is 6.13. The van der Waals surface area contributed by atoms with E-state index in [9.17, 15) is 9.59 Å². The van der Waals surface area contributed by atoms with Gasteiger partial charge >= 0.3 is 0 Å². The fourth-order valence-electron chi connectivity index (χ4n) is 6.54. The smallest absolute Gasteiger partial charge is 0.224 e. The Kier molecular flexibility index (Phi) is 7.63. The molecule has 3 aliphatic carbocycles. The molecular weight excluding hydrogens is 486 g/mol. The first-order valence-corrected chi connectivity index (χ1v) is 13.8. The zero-order valence-corrected chi connectivity index (χ0v) is 21.6. The summed E-state index contributed by atoms with van der Waals surface area (Å²) in [4.78, 5) is 27.5. The molecule has 0 saturated heterocycles. The van der Waals surface area contributed by atoms with Crippen LogP contribution < -0.4 is 14.8 Å². The number of amides is 1. The summed E-state index contributed by atoms with van der Waals surface area (Å²) in [6.07, 6.45) is 4.43. The second kappa shape index (κ2) is 11.4. The largest absolute Gasteiger partial charge is 0.491 e. The lowest BCUT2D eigenvalue weighted by Crippen LogP contribution is -2.39. The maximum Gasteiger partial charge on any atom is 0.224 e. The lowest BCUT2D eigenvalue weighted by atomic mass is 9.79. The molecule has 8 heteroatoms. The third-order valence-corrected chi connectivity index (χ3v) is 8.27. The van der Waals surface area contributed by atoms with Crippen molar-refractivity contribution in [2.75, 3.05) is 52.9 Å². The lowest BCUT2D eigenvalue weighted by Gasteiger charge is -2.33. The summed E-state index contributed by atoms with van der Waals surface area (Å²) in [5, 5.41) is 3.35. The molecule has 0 aromatic heterocycles. The summed E-state index contributed by atoms with van der Waals surface area (Å²) in [6.45, 7) is 3.24. The Balaban J connectivity index is 1.37. The number of ketones is 1. The van der Waals surface area contributed by atoms with Crippen molar-refractivity contribution < 1.29 is 33.3 Å². The van der Waals surface area contributed by atoms with Gasteiger partial charge in [-0.15, -0.1) is 0 Å². The van der Waals surface area contributed by atoms with Gasteiger partial charge < -0.3 is 29.0 Å². The summed E-state index contributed by atoms with van der Waals surface area (Å²) in [5.74, 6) is 2.19. The van der Waals surface area contributed by atoms with E-state index in [1.54, 1.807) is 0 Å². The quantitative estimate of drug-likeness (QED) is 0.644. The molecule has 4 aliphatic rings. The van der Waals surface area contributed by atoms with E-state index >= 15 is 0 Å². The van der Waals surface area contributed by atoms with Crippen LogP contribution in [0.2, 0.25) is 0 Å². The minimum absolute atomic E-state index is 0.00833. The SMILES string of the molecule is O=C1c2cccc3c2C(NC(=O)C2CC4CCC2C4)c2c(cccc21)OCCOCCOCCOCCO3. The van der Waals surface area contributed by atoms with Crippen LogP contribution >= 0.6 is 0 Å². The molecule has 1 aliphatic heterocycles. The number of fused-ring (bicyclic) bond motifs is 2. The van der Waals surface area contributed by atoms with Crippen LogP contribution in [0.5, 0.6) is 11.5 Å². The van der Waals surface area contributed by atoms with Gasteiger partial charge in [0, 0.05) is 28.2 Å². The van der Waals surface area contributed by atoms with Crippen LogP contribution in [0.4, 0.5) is 0 Å². The van der Waals surface area contributed by atoms with Crippen LogP contribution in [0.1, 0.15) is 58.8 Å². The van der Waals surface area contributed by atoms with Crippen molar-refractivity contribution in [2.45, 2.75) is 31.7 Å². The Morgan fingerprint density at radius 2 is 1.26 bits per heavy atom. The molecule has 2 saturated carbocycles. The highest BCUT2D eigenvalue weighted by Gasteiger charge is 2.45. The van der Waals surface area contributed by atoms with Gasteiger partial charge in [0.15, 0.2) is 5.78 Å². The first kappa shape index (κ1) is 25.3. The number of hydrogen-bond donors (Lipinski definition) is 1. The van der Waals surface area contributed by atoms with Crippen molar-refractivity contribution in [1.82, 2.24) is 5.32 Å². The molecular formula is C30H35NO7. The number of ether oxygens (including phenoxy) is 5. The van der Waals surface area contributed by atoms with E-state index in [2.05, 4.69) is 5.32 Å². The molecule has 2 fully saturated rings. The standard InChI is InChI=1S/C30H35NO7/c32-29-21-3-1-5-24-26(21)28(31-30(33)23-18-19-7-8-20(23)17-19)27-22(29)4-2-6-25(27)38-16-14-36-12-10-34-9-11-35-13-15-37-24/h1-6,19-20,23,28H,7-18H2,(H,31,33). The molecule has 3 atom stereocenters. The van der Waals surface area contributed by atoms with Gasteiger partial charge in [-0.25, -0.2) is 0 Å². The maximum absolute atomic E-state index is 13.7. The molecule has 3 unspecified atom stereocenters. The fraction of sp³-hybridized carbons (Fsp3) is 0.533. The van der Waals surface area contributed by atoms with E-state index in [-0.39, 0.29) is 17.6 Å². The lowest BCUT2D eigenvalue weighted by molar-refractivity contribution is -0.127. The Labute approximate surface area is 222 Å². The topological polar surface area (TPSA) is 92.3 Å². The van der Waals surface area contributed by atoms with Crippen molar-refractivity contribution in [1.29, 1.82) is 0 Å². The van der Waals surface area contributed by atoms with Gasteiger partial charge in [-0.1, -0.05) is 30.7 Å². The predicted molar refractivity (Wildman–Crippen MR) is 139 cm³/mol. The van der Waals surface area contributed by atoms with Crippen molar-refractivity contribution in [2.24, 2.45) is 17.8 Å². The third-order valence-electron chi connectivity index (χ3n) is 8.27. The Hall–Kier alpha value is -2.94. The van der Waals surface area contributed by atoms with E-state index in [4.69, 9.17) is 23.7 Å². The average Bonchev–Trinajstić information content (AvgIpc) is 3.57. The zero-order chi connectivity index (χ0) is 25.9. The Bertz CT molecular complexity index is 1110. The Morgan fingerprint density at radius 3 is 1.76 bits per heavy atom. The van der Waals surface area contributed by atoms with Crippen LogP contribution in [0.15, 0.2) is 36.4 Å². The monoisotopic (exact) mass is 521 g/mol. The molecule has 4 bridgehead atoms. The molecule has 2 aromatic rings. The normalized spacial score (nSPS) is 26.1. The summed E-state index contributed by atoms with van der Waals surface area (Å²) in [7, 11) is 0. The molecule has 2 aromatic carbocycles. The predicted octanol–water partition coefficient (Wildman–Crippen LogP) is 3.69. The molecule has 0 spiro atoms. The van der Waals surface area contributed by atoms with Crippen LogP contribution in [-0.4, -0.2) is 64.5 Å². The summed E-state index contributed by atoms with van der Waals surface area (Å²) in [5.41, 5.74) is 2.44. The zero-order valence-electron chi connectivity index (χ0n) is 21.6. The van der Waals surface area contributed by atoms with Crippen LogP contribution in [-0.2, 0) is 19.0 Å². The summed E-state index contributed by atoms with van der Waals surface area (Å²) in [6, 6.07) is 10.4. The minimum Gasteiger partial charge on any atom is -0.491 e. The van der Waals surface area contributed by atoms with Gasteiger partial charge in [0.05, 0.1) is 45.7 Å². The number of nitrogens with one attached hydrogen (secondary N) is 1. The Morgan fingerprint density at radius 1 is 0.711 bits per heavy atom. The van der Waals surface area contributed by atoms with Crippen LogP contribution in [0, 0.1) is 17.8 Å². The van der Waals surface area contributed by atoms with Crippen molar-refractivity contribution in [3.63, 3.8) is 0 Å². The number of hydrogen-bond acceptors (Lipinski definition) is 7. The number of carbonyl (C=O) groups is 2. The number of benzene rings is 2. The minimum atomic E-state index is -0.564. The maximum atomic E-state index is 13.7. The summed E-state index contributed by atoms with van der Waals surface area (Å²) >= 11 is 0. The first-order chi connectivity index (χ1) is 18.7. The highest BCUT2D eigenvalue weighted by Crippen LogP contribution is 2.49. The third kappa shape index (κ3) is 5.05. The van der Waals surface area contributed by atoms with Crippen LogP contribution in [0.3, 0.4) is 0 Å². The number of rotatable bonds is 2. The average molecular weight is 522 g/mol. The number of carbonyl (C=O) groups excluding carboxylic acids is 2. The first-order valence-electron chi connectivity index (χ1n) is 13.8. The highest BCUT2D eigenvalue weighted by atomic mass is 16.6. The van der Waals surface area contributed by atoms with E-state index in [0.717, 1.165) is 19.3 Å². The van der Waals surface area contributed by atoms with Gasteiger partial charge in [0.2, 0.25) is 5.91 Å². The molecule has 202 valence electrons. The second-order valence-corrected chi connectivity index (χ2v) is 10.5. The van der Waals surface area contributed by atoms with E-state index in [1.807, 2.05) is 36.4 Å². The van der Waals surface area contributed by atoms with E-state index in [0.29, 0.717) is 98.4 Å². The van der Waals surface area contributed by atoms with Gasteiger partial charge in [0.1, 0.15) is 24.7 Å². The molecule has 38 heavy (non-hydrogen) atoms. The fourth-order valence-corrected chi connectivity index (χ4v) is 6.54. The molecule has 1 heterocycles.